The summed E-state index contributed by atoms with van der Waals surface area (Å²) in [6.07, 6.45) is 0.287. The second kappa shape index (κ2) is 4.96. The lowest BCUT2D eigenvalue weighted by atomic mass is 9.92. The van der Waals surface area contributed by atoms with Crippen molar-refractivity contribution in [2.75, 3.05) is 13.1 Å². The molecule has 21 heavy (non-hydrogen) atoms. The zero-order chi connectivity index (χ0) is 15.2. The maximum Gasteiger partial charge on any atom is 0.334 e. The average Bonchev–Trinajstić information content (AvgIpc) is 2.74. The van der Waals surface area contributed by atoms with Crippen LogP contribution < -0.4 is 0 Å². The van der Waals surface area contributed by atoms with Crippen LogP contribution in [0.15, 0.2) is 41.3 Å². The summed E-state index contributed by atoms with van der Waals surface area (Å²) >= 11 is 0. The molecule has 0 aliphatic carbocycles. The molecule has 2 aliphatic rings. The second-order valence-corrected chi connectivity index (χ2v) is 7.48. The number of hydrogen-bond donors (Lipinski definition) is 0. The minimum atomic E-state index is -3.53. The number of hydrogen-bond acceptors (Lipinski definition) is 4. The van der Waals surface area contributed by atoms with Crippen LogP contribution in [0.1, 0.15) is 12.0 Å². The van der Waals surface area contributed by atoms with E-state index in [9.17, 15) is 13.2 Å². The summed E-state index contributed by atoms with van der Waals surface area (Å²) in [4.78, 5) is 11.8. The Hall–Kier alpha value is -1.66. The smallest absolute Gasteiger partial charge is 0.334 e. The lowest BCUT2D eigenvalue weighted by molar-refractivity contribution is -0.139. The highest BCUT2D eigenvalue weighted by atomic mass is 32.2. The fourth-order valence-electron chi connectivity index (χ4n) is 2.82. The highest BCUT2D eigenvalue weighted by Gasteiger charge is 2.44. The zero-order valence-corrected chi connectivity index (χ0v) is 12.6. The number of ether oxygens (including phenoxy) is 1. The monoisotopic (exact) mass is 307 g/mol. The van der Waals surface area contributed by atoms with Crippen molar-refractivity contribution in [3.63, 3.8) is 0 Å². The van der Waals surface area contributed by atoms with E-state index in [0.717, 1.165) is 5.56 Å². The number of carbonyl (C=O) groups excluding carboxylic acids is 1. The molecule has 2 fully saturated rings. The van der Waals surface area contributed by atoms with Gasteiger partial charge in [-0.15, -0.1) is 0 Å². The van der Waals surface area contributed by atoms with Gasteiger partial charge in [0.05, 0.1) is 4.90 Å². The first-order chi connectivity index (χ1) is 9.89. The van der Waals surface area contributed by atoms with Crippen LogP contribution in [0.2, 0.25) is 0 Å². The fraction of sp³-hybridized carbons (Fsp3) is 0.400. The minimum absolute atomic E-state index is 0.227. The van der Waals surface area contributed by atoms with Crippen LogP contribution in [0.3, 0.4) is 0 Å². The Balaban J connectivity index is 1.86. The van der Waals surface area contributed by atoms with Crippen molar-refractivity contribution < 1.29 is 17.9 Å². The van der Waals surface area contributed by atoms with E-state index in [1.807, 2.05) is 6.92 Å². The third-order valence-corrected chi connectivity index (χ3v) is 6.02. The Labute approximate surface area is 124 Å². The van der Waals surface area contributed by atoms with E-state index in [0.29, 0.717) is 18.5 Å². The van der Waals surface area contributed by atoms with Gasteiger partial charge in [0.15, 0.2) is 0 Å². The summed E-state index contributed by atoms with van der Waals surface area (Å²) in [5.41, 5.74) is 1.39. The first kappa shape index (κ1) is 14.3. The van der Waals surface area contributed by atoms with Gasteiger partial charge in [-0.25, -0.2) is 13.2 Å². The molecule has 0 bridgehead atoms. The molecule has 1 aromatic rings. The molecule has 1 aromatic carbocycles. The zero-order valence-electron chi connectivity index (χ0n) is 11.8. The van der Waals surface area contributed by atoms with Gasteiger partial charge in [-0.3, -0.25) is 0 Å². The van der Waals surface area contributed by atoms with Crippen molar-refractivity contribution >= 4 is 16.0 Å². The Morgan fingerprint density at radius 3 is 2.62 bits per heavy atom. The molecule has 0 aromatic heterocycles. The quantitative estimate of drug-likeness (QED) is 0.613. The number of carbonyl (C=O) groups is 1. The van der Waals surface area contributed by atoms with Crippen molar-refractivity contribution in [3.05, 3.63) is 42.0 Å². The van der Waals surface area contributed by atoms with Crippen LogP contribution in [0.5, 0.6) is 0 Å². The lowest BCUT2D eigenvalue weighted by Crippen LogP contribution is -2.44. The lowest BCUT2D eigenvalue weighted by Gasteiger charge is -2.32. The van der Waals surface area contributed by atoms with Gasteiger partial charge in [-0.1, -0.05) is 24.3 Å². The maximum atomic E-state index is 12.6. The molecule has 0 N–H and O–H groups in total. The molecule has 2 saturated heterocycles. The van der Waals surface area contributed by atoms with E-state index in [1.54, 1.807) is 24.3 Å². The molecule has 2 unspecified atom stereocenters. The summed E-state index contributed by atoms with van der Waals surface area (Å²) in [6.45, 7) is 6.25. The van der Waals surface area contributed by atoms with Crippen molar-refractivity contribution in [1.82, 2.24) is 4.31 Å². The van der Waals surface area contributed by atoms with E-state index >= 15 is 0 Å². The van der Waals surface area contributed by atoms with Crippen LogP contribution in [-0.2, 0) is 19.6 Å². The molecule has 2 aliphatic heterocycles. The number of aryl methyl sites for hydroxylation is 1. The summed E-state index contributed by atoms with van der Waals surface area (Å²) < 4.78 is 31.9. The van der Waals surface area contributed by atoms with Gasteiger partial charge in [-0.2, -0.15) is 4.31 Å². The molecule has 0 amide bonds. The highest BCUT2D eigenvalue weighted by molar-refractivity contribution is 7.89. The molecule has 3 rings (SSSR count). The van der Waals surface area contributed by atoms with Gasteiger partial charge >= 0.3 is 5.97 Å². The van der Waals surface area contributed by atoms with Gasteiger partial charge in [0.25, 0.3) is 0 Å². The molecule has 112 valence electrons. The van der Waals surface area contributed by atoms with Crippen molar-refractivity contribution in [2.24, 2.45) is 5.92 Å². The van der Waals surface area contributed by atoms with Gasteiger partial charge in [-0.05, 0) is 25.5 Å². The predicted molar refractivity (Wildman–Crippen MR) is 77.1 cm³/mol. The number of sulfonamides is 1. The number of rotatable bonds is 2. The number of fused-ring (bicyclic) bond motifs is 1. The number of esters is 1. The molecule has 0 spiro atoms. The van der Waals surface area contributed by atoms with Crippen molar-refractivity contribution in [1.29, 1.82) is 0 Å². The van der Waals surface area contributed by atoms with E-state index < -0.39 is 16.0 Å². The van der Waals surface area contributed by atoms with Gasteiger partial charge in [0, 0.05) is 24.6 Å². The molecule has 6 heteroatoms. The van der Waals surface area contributed by atoms with Crippen LogP contribution in [0.4, 0.5) is 0 Å². The van der Waals surface area contributed by atoms with E-state index in [4.69, 9.17) is 4.74 Å². The minimum Gasteiger partial charge on any atom is -0.458 e. The number of nitrogens with zero attached hydrogens (tertiary/aromatic N) is 1. The normalized spacial score (nSPS) is 26.5. The molecule has 0 radical (unpaired) electrons. The molecule has 2 atom stereocenters. The highest BCUT2D eigenvalue weighted by Crippen LogP contribution is 2.34. The van der Waals surface area contributed by atoms with Gasteiger partial charge in [0.2, 0.25) is 10.0 Å². The summed E-state index contributed by atoms with van der Waals surface area (Å²) in [5.74, 6) is -0.633. The standard InChI is InChI=1S/C15H17NO4S/c1-10-3-5-12(6-4-10)21(18,19)16-8-7-14-13(9-16)11(2)15(17)20-14/h3-6,13-14H,2,7-9H2,1H3. The maximum absolute atomic E-state index is 12.6. The predicted octanol–water partition coefficient (Wildman–Crippen LogP) is 1.49. The van der Waals surface area contributed by atoms with E-state index in [-0.39, 0.29) is 23.5 Å². The van der Waals surface area contributed by atoms with E-state index in [2.05, 4.69) is 6.58 Å². The summed E-state index contributed by atoms with van der Waals surface area (Å²) in [5, 5.41) is 0. The van der Waals surface area contributed by atoms with Crippen LogP contribution >= 0.6 is 0 Å². The Kier molecular flexibility index (Phi) is 3.37. The number of piperidine rings is 1. The third kappa shape index (κ3) is 2.38. The Morgan fingerprint density at radius 1 is 1.29 bits per heavy atom. The SMILES string of the molecule is C=C1C(=O)OC2CCN(S(=O)(=O)c3ccc(C)cc3)CC12. The first-order valence-corrected chi connectivity index (χ1v) is 8.30. The first-order valence-electron chi connectivity index (χ1n) is 6.86. The second-order valence-electron chi connectivity index (χ2n) is 5.54. The summed E-state index contributed by atoms with van der Waals surface area (Å²) in [7, 11) is -3.53. The average molecular weight is 307 g/mol. The van der Waals surface area contributed by atoms with Crippen LogP contribution in [0.25, 0.3) is 0 Å². The topological polar surface area (TPSA) is 63.7 Å². The molecule has 0 saturated carbocycles. The molecular formula is C15H17NO4S. The van der Waals surface area contributed by atoms with Crippen LogP contribution in [-0.4, -0.2) is 37.9 Å². The largest absolute Gasteiger partial charge is 0.458 e. The number of benzene rings is 1. The Morgan fingerprint density at radius 2 is 1.95 bits per heavy atom. The van der Waals surface area contributed by atoms with Crippen molar-refractivity contribution in [2.45, 2.75) is 24.3 Å². The summed E-state index contributed by atoms with van der Waals surface area (Å²) in [6, 6.07) is 6.78. The van der Waals surface area contributed by atoms with Crippen molar-refractivity contribution in [3.8, 4) is 0 Å². The van der Waals surface area contributed by atoms with Gasteiger partial charge in [0.1, 0.15) is 6.10 Å². The molecule has 5 nitrogen and oxygen atoms in total. The molecule has 2 heterocycles. The molecular weight excluding hydrogens is 290 g/mol. The third-order valence-electron chi connectivity index (χ3n) is 4.14. The van der Waals surface area contributed by atoms with Gasteiger partial charge < -0.3 is 4.74 Å². The van der Waals surface area contributed by atoms with Crippen LogP contribution in [0, 0.1) is 12.8 Å². The van der Waals surface area contributed by atoms with E-state index in [1.165, 1.54) is 4.31 Å². The fourth-order valence-corrected chi connectivity index (χ4v) is 4.30. The Bertz CT molecular complexity index is 693.